The van der Waals surface area contributed by atoms with E-state index in [1.54, 1.807) is 7.11 Å². The molecule has 0 radical (unpaired) electrons. The van der Waals surface area contributed by atoms with E-state index in [1.165, 1.54) is 5.69 Å². The predicted octanol–water partition coefficient (Wildman–Crippen LogP) is 4.20. The lowest BCUT2D eigenvalue weighted by atomic mass is 9.92. The molecule has 5 heteroatoms. The van der Waals surface area contributed by atoms with Crippen molar-refractivity contribution in [3.05, 3.63) is 41.7 Å². The molecule has 1 amide bonds. The molecule has 3 rings (SSSR count). The first-order chi connectivity index (χ1) is 12.3. The zero-order chi connectivity index (χ0) is 18.9. The molecule has 0 saturated carbocycles. The van der Waals surface area contributed by atoms with E-state index in [0.717, 1.165) is 36.6 Å². The predicted molar refractivity (Wildman–Crippen MR) is 106 cm³/mol. The van der Waals surface area contributed by atoms with Crippen LogP contribution in [0.25, 0.3) is 0 Å². The molecule has 140 valence electrons. The van der Waals surface area contributed by atoms with Crippen molar-refractivity contribution < 1.29 is 9.53 Å². The summed E-state index contributed by atoms with van der Waals surface area (Å²) in [5, 5.41) is 3.04. The molecule has 2 aromatic rings. The maximum Gasteiger partial charge on any atom is 0.225 e. The molecule has 1 aliphatic heterocycles. The Labute approximate surface area is 156 Å². The second-order valence-corrected chi connectivity index (χ2v) is 8.24. The maximum absolute atomic E-state index is 12.4. The number of benzene rings is 1. The number of nitrogens with one attached hydrogen (secondary N) is 1. The maximum atomic E-state index is 12.4. The van der Waals surface area contributed by atoms with Crippen LogP contribution in [0.4, 0.5) is 11.4 Å². The van der Waals surface area contributed by atoms with E-state index in [9.17, 15) is 4.79 Å². The fraction of sp³-hybridized carbons (Fsp3) is 0.476. The minimum Gasteiger partial charge on any atom is -0.494 e. The first-order valence-electron chi connectivity index (χ1n) is 9.14. The third-order valence-electron chi connectivity index (χ3n) is 4.71. The molecular formula is C21H29N3O2. The summed E-state index contributed by atoms with van der Waals surface area (Å²) in [5.74, 6) is 0.727. The molecule has 2 heterocycles. The molecule has 1 aliphatic rings. The van der Waals surface area contributed by atoms with Gasteiger partial charge in [0.2, 0.25) is 5.91 Å². The number of nitrogens with zero attached hydrogens (tertiary/aromatic N) is 2. The molecule has 0 spiro atoms. The summed E-state index contributed by atoms with van der Waals surface area (Å²) < 4.78 is 7.89. The van der Waals surface area contributed by atoms with Gasteiger partial charge < -0.3 is 19.5 Å². The van der Waals surface area contributed by atoms with Gasteiger partial charge >= 0.3 is 0 Å². The van der Waals surface area contributed by atoms with Gasteiger partial charge in [0.25, 0.3) is 0 Å². The van der Waals surface area contributed by atoms with Crippen LogP contribution in [0.15, 0.2) is 30.5 Å². The highest BCUT2D eigenvalue weighted by Gasteiger charge is 2.21. The van der Waals surface area contributed by atoms with Crippen molar-refractivity contribution in [1.82, 2.24) is 4.57 Å². The van der Waals surface area contributed by atoms with Crippen LogP contribution in [0, 0.1) is 12.3 Å². The number of hydrogen-bond acceptors (Lipinski definition) is 3. The van der Waals surface area contributed by atoms with Crippen molar-refractivity contribution >= 4 is 17.3 Å². The Bertz CT molecular complexity index is 802. The third-order valence-corrected chi connectivity index (χ3v) is 4.71. The van der Waals surface area contributed by atoms with Gasteiger partial charge in [-0.2, -0.15) is 0 Å². The van der Waals surface area contributed by atoms with Gasteiger partial charge in [-0.05, 0) is 36.1 Å². The van der Waals surface area contributed by atoms with Gasteiger partial charge in [0, 0.05) is 43.2 Å². The molecule has 0 fully saturated rings. The average Bonchev–Trinajstić information content (AvgIpc) is 3.02. The Balaban J connectivity index is 1.82. The number of carbonyl (C=O) groups is 1. The standard InChI is InChI=1S/C21H29N3O2/c1-15-11-17(24-10-9-23-8-6-7-16(23)14-24)12-18(26-5)20(15)22-19(25)13-21(2,3)4/h6-8,11-12H,9-10,13-14H2,1-5H3,(H,22,25). The summed E-state index contributed by atoms with van der Waals surface area (Å²) in [5.41, 5.74) is 4.18. The fourth-order valence-electron chi connectivity index (χ4n) is 3.44. The van der Waals surface area contributed by atoms with Gasteiger partial charge in [-0.15, -0.1) is 0 Å². The van der Waals surface area contributed by atoms with E-state index in [4.69, 9.17) is 4.74 Å². The zero-order valence-electron chi connectivity index (χ0n) is 16.4. The number of ether oxygens (including phenoxy) is 1. The molecular weight excluding hydrogens is 326 g/mol. The lowest BCUT2D eigenvalue weighted by Crippen LogP contribution is -2.33. The van der Waals surface area contributed by atoms with Gasteiger partial charge in [-0.25, -0.2) is 0 Å². The van der Waals surface area contributed by atoms with Crippen LogP contribution in [0.2, 0.25) is 0 Å². The molecule has 0 atom stereocenters. The number of methoxy groups -OCH3 is 1. The quantitative estimate of drug-likeness (QED) is 0.894. The topological polar surface area (TPSA) is 46.5 Å². The first kappa shape index (κ1) is 18.4. The number of fused-ring (bicyclic) bond motifs is 1. The van der Waals surface area contributed by atoms with Gasteiger partial charge in [0.1, 0.15) is 5.75 Å². The Morgan fingerprint density at radius 2 is 2.04 bits per heavy atom. The van der Waals surface area contributed by atoms with Crippen LogP contribution in [0.1, 0.15) is 38.4 Å². The minimum absolute atomic E-state index is 0.0162. The highest BCUT2D eigenvalue weighted by molar-refractivity contribution is 5.94. The summed E-state index contributed by atoms with van der Waals surface area (Å²) in [6, 6.07) is 8.42. The fourth-order valence-corrected chi connectivity index (χ4v) is 3.44. The molecule has 1 N–H and O–H groups in total. The first-order valence-corrected chi connectivity index (χ1v) is 9.14. The average molecular weight is 355 g/mol. The Morgan fingerprint density at radius 3 is 2.73 bits per heavy atom. The molecule has 0 saturated heterocycles. The van der Waals surface area contributed by atoms with Crippen LogP contribution < -0.4 is 15.0 Å². The highest BCUT2D eigenvalue weighted by atomic mass is 16.5. The van der Waals surface area contributed by atoms with Crippen molar-refractivity contribution in [2.24, 2.45) is 5.41 Å². The summed E-state index contributed by atoms with van der Waals surface area (Å²) in [7, 11) is 1.65. The van der Waals surface area contributed by atoms with Crippen LogP contribution in [-0.2, 0) is 17.9 Å². The summed E-state index contributed by atoms with van der Waals surface area (Å²) in [6.45, 7) is 11.0. The Morgan fingerprint density at radius 1 is 1.27 bits per heavy atom. The van der Waals surface area contributed by atoms with Crippen molar-refractivity contribution in [1.29, 1.82) is 0 Å². The van der Waals surface area contributed by atoms with Crippen molar-refractivity contribution in [2.45, 2.75) is 47.2 Å². The van der Waals surface area contributed by atoms with E-state index in [2.05, 4.69) is 60.0 Å². The molecule has 0 bridgehead atoms. The van der Waals surface area contributed by atoms with Crippen molar-refractivity contribution in [2.75, 3.05) is 23.9 Å². The monoisotopic (exact) mass is 355 g/mol. The summed E-state index contributed by atoms with van der Waals surface area (Å²) in [4.78, 5) is 14.7. The third kappa shape index (κ3) is 4.03. The van der Waals surface area contributed by atoms with E-state index < -0.39 is 0 Å². The van der Waals surface area contributed by atoms with Crippen LogP contribution in [0.3, 0.4) is 0 Å². The van der Waals surface area contributed by atoms with Crippen molar-refractivity contribution in [3.8, 4) is 5.75 Å². The van der Waals surface area contributed by atoms with Crippen LogP contribution in [0.5, 0.6) is 5.75 Å². The Hall–Kier alpha value is -2.43. The second kappa shape index (κ2) is 7.06. The van der Waals surface area contributed by atoms with E-state index in [-0.39, 0.29) is 11.3 Å². The Kier molecular flexibility index (Phi) is 4.99. The molecule has 0 unspecified atom stereocenters. The van der Waals surface area contributed by atoms with E-state index in [1.807, 2.05) is 13.0 Å². The molecule has 5 nitrogen and oxygen atoms in total. The van der Waals surface area contributed by atoms with Crippen LogP contribution in [-0.4, -0.2) is 24.1 Å². The van der Waals surface area contributed by atoms with Crippen molar-refractivity contribution in [3.63, 3.8) is 0 Å². The molecule has 0 aliphatic carbocycles. The summed E-state index contributed by atoms with van der Waals surface area (Å²) in [6.07, 6.45) is 2.60. The van der Waals surface area contributed by atoms with Gasteiger partial charge in [-0.3, -0.25) is 4.79 Å². The number of rotatable bonds is 4. The second-order valence-electron chi connectivity index (χ2n) is 8.24. The lowest BCUT2D eigenvalue weighted by molar-refractivity contribution is -0.117. The zero-order valence-corrected chi connectivity index (χ0v) is 16.4. The lowest BCUT2D eigenvalue weighted by Gasteiger charge is -2.31. The van der Waals surface area contributed by atoms with Crippen LogP contribution >= 0.6 is 0 Å². The number of anilines is 2. The minimum atomic E-state index is -0.0477. The number of hydrogen-bond donors (Lipinski definition) is 1. The largest absolute Gasteiger partial charge is 0.494 e. The summed E-state index contributed by atoms with van der Waals surface area (Å²) >= 11 is 0. The number of aromatic nitrogens is 1. The highest BCUT2D eigenvalue weighted by Crippen LogP contribution is 2.35. The number of aryl methyl sites for hydroxylation is 1. The van der Waals surface area contributed by atoms with E-state index in [0.29, 0.717) is 12.2 Å². The normalized spacial score (nSPS) is 14.1. The van der Waals surface area contributed by atoms with E-state index >= 15 is 0 Å². The SMILES string of the molecule is COc1cc(N2CCn3cccc3C2)cc(C)c1NC(=O)CC(C)(C)C. The number of amides is 1. The van der Waals surface area contributed by atoms with Gasteiger partial charge in [-0.1, -0.05) is 20.8 Å². The molecule has 1 aromatic heterocycles. The van der Waals surface area contributed by atoms with Gasteiger partial charge in [0.15, 0.2) is 0 Å². The van der Waals surface area contributed by atoms with Gasteiger partial charge in [0.05, 0.1) is 19.3 Å². The molecule has 1 aromatic carbocycles. The smallest absolute Gasteiger partial charge is 0.225 e. The number of carbonyl (C=O) groups excluding carboxylic acids is 1. The molecule has 26 heavy (non-hydrogen) atoms.